The van der Waals surface area contributed by atoms with E-state index in [-0.39, 0.29) is 24.2 Å². The van der Waals surface area contributed by atoms with Crippen LogP contribution in [0.5, 0.6) is 0 Å². The molecule has 1 aromatic carbocycles. The van der Waals surface area contributed by atoms with Crippen molar-refractivity contribution in [3.63, 3.8) is 0 Å². The zero-order chi connectivity index (χ0) is 17.1. The highest BCUT2D eigenvalue weighted by Crippen LogP contribution is 2.22. The second kappa shape index (κ2) is 7.29. The van der Waals surface area contributed by atoms with Crippen LogP contribution in [-0.2, 0) is 11.8 Å². The first-order valence-corrected chi connectivity index (χ1v) is 8.09. The van der Waals surface area contributed by atoms with Crippen molar-refractivity contribution in [2.75, 3.05) is 31.5 Å². The summed E-state index contributed by atoms with van der Waals surface area (Å²) in [5, 5.41) is 6.28. The van der Waals surface area contributed by atoms with Gasteiger partial charge in [-0.2, -0.15) is 0 Å². The molecule has 3 rings (SSSR count). The van der Waals surface area contributed by atoms with Crippen LogP contribution in [0.4, 0.5) is 10.1 Å². The summed E-state index contributed by atoms with van der Waals surface area (Å²) in [4.78, 5) is 18.8. The van der Waals surface area contributed by atoms with E-state index in [2.05, 4.69) is 15.6 Å². The number of hydrogen-bond acceptors (Lipinski definition) is 4. The van der Waals surface area contributed by atoms with Gasteiger partial charge in [0.25, 0.3) is 0 Å². The van der Waals surface area contributed by atoms with Gasteiger partial charge in [0.05, 0.1) is 18.3 Å². The predicted octanol–water partition coefficient (Wildman–Crippen LogP) is 1.80. The molecule has 1 aromatic heterocycles. The molecule has 1 saturated heterocycles. The van der Waals surface area contributed by atoms with Gasteiger partial charge in [0.2, 0.25) is 5.91 Å². The molecule has 0 spiro atoms. The standard InChI is InChI=1S/C16H19ClFN5O/c1-22-6-5-20-16(22)14-9-19-4-7-23(14)10-15(24)21-13-8-11(17)2-3-12(13)18/h2-3,5-6,8,14,19H,4,7,9-10H2,1H3,(H,21,24). The number of benzene rings is 1. The molecule has 1 unspecified atom stereocenters. The molecule has 24 heavy (non-hydrogen) atoms. The summed E-state index contributed by atoms with van der Waals surface area (Å²) in [6.45, 7) is 2.37. The lowest BCUT2D eigenvalue weighted by Crippen LogP contribution is -2.49. The van der Waals surface area contributed by atoms with Gasteiger partial charge in [0.15, 0.2) is 0 Å². The van der Waals surface area contributed by atoms with Gasteiger partial charge in [0, 0.05) is 44.1 Å². The van der Waals surface area contributed by atoms with Crippen molar-refractivity contribution in [3.8, 4) is 0 Å². The van der Waals surface area contributed by atoms with E-state index in [4.69, 9.17) is 11.6 Å². The van der Waals surface area contributed by atoms with E-state index in [1.807, 2.05) is 22.7 Å². The Morgan fingerprint density at radius 2 is 2.38 bits per heavy atom. The molecular formula is C16H19ClFN5O. The number of rotatable bonds is 4. The molecule has 6 nitrogen and oxygen atoms in total. The molecule has 0 saturated carbocycles. The quantitative estimate of drug-likeness (QED) is 0.881. The highest BCUT2D eigenvalue weighted by molar-refractivity contribution is 6.30. The summed E-state index contributed by atoms with van der Waals surface area (Å²) in [5.41, 5.74) is 0.0937. The maximum Gasteiger partial charge on any atom is 0.238 e. The van der Waals surface area contributed by atoms with Crippen molar-refractivity contribution < 1.29 is 9.18 Å². The molecule has 1 fully saturated rings. The summed E-state index contributed by atoms with van der Waals surface area (Å²) in [6.07, 6.45) is 3.62. The number of amides is 1. The molecule has 128 valence electrons. The van der Waals surface area contributed by atoms with E-state index in [0.29, 0.717) is 18.1 Å². The number of aryl methyl sites for hydroxylation is 1. The molecule has 1 aliphatic rings. The van der Waals surface area contributed by atoms with Crippen LogP contribution >= 0.6 is 11.6 Å². The first-order chi connectivity index (χ1) is 11.5. The second-order valence-corrected chi connectivity index (χ2v) is 6.20. The molecule has 2 aromatic rings. The number of halogens is 2. The molecule has 2 N–H and O–H groups in total. The van der Waals surface area contributed by atoms with Crippen LogP contribution in [-0.4, -0.2) is 46.5 Å². The van der Waals surface area contributed by atoms with E-state index in [1.165, 1.54) is 18.2 Å². The van der Waals surface area contributed by atoms with Crippen molar-refractivity contribution in [1.29, 1.82) is 0 Å². The Kier molecular flexibility index (Phi) is 5.13. The molecule has 8 heteroatoms. The van der Waals surface area contributed by atoms with Crippen LogP contribution < -0.4 is 10.6 Å². The molecular weight excluding hydrogens is 333 g/mol. The normalized spacial score (nSPS) is 18.5. The molecule has 1 aliphatic heterocycles. The van der Waals surface area contributed by atoms with Crippen molar-refractivity contribution in [2.45, 2.75) is 6.04 Å². The third-order valence-electron chi connectivity index (χ3n) is 4.06. The SMILES string of the molecule is Cn1ccnc1C1CNCCN1CC(=O)Nc1cc(Cl)ccc1F. The fourth-order valence-electron chi connectivity index (χ4n) is 2.86. The van der Waals surface area contributed by atoms with Crippen molar-refractivity contribution in [2.24, 2.45) is 7.05 Å². The first-order valence-electron chi connectivity index (χ1n) is 7.71. The van der Waals surface area contributed by atoms with Gasteiger partial charge in [-0.3, -0.25) is 9.69 Å². The first kappa shape index (κ1) is 16.9. The Morgan fingerprint density at radius 3 is 3.12 bits per heavy atom. The lowest BCUT2D eigenvalue weighted by molar-refractivity contribution is -0.118. The summed E-state index contributed by atoms with van der Waals surface area (Å²) in [5.74, 6) is 0.106. The molecule has 0 bridgehead atoms. The lowest BCUT2D eigenvalue weighted by Gasteiger charge is -2.35. The Labute approximate surface area is 144 Å². The summed E-state index contributed by atoms with van der Waals surface area (Å²) in [7, 11) is 1.93. The van der Waals surface area contributed by atoms with E-state index in [0.717, 1.165) is 12.4 Å². The summed E-state index contributed by atoms with van der Waals surface area (Å²) in [6, 6.07) is 4.08. The molecule has 2 heterocycles. The van der Waals surface area contributed by atoms with Gasteiger partial charge in [-0.15, -0.1) is 0 Å². The topological polar surface area (TPSA) is 62.2 Å². The summed E-state index contributed by atoms with van der Waals surface area (Å²) < 4.78 is 15.7. The predicted molar refractivity (Wildman–Crippen MR) is 90.4 cm³/mol. The van der Waals surface area contributed by atoms with Gasteiger partial charge in [-0.1, -0.05) is 11.6 Å². The van der Waals surface area contributed by atoms with Crippen LogP contribution in [0.25, 0.3) is 0 Å². The molecule has 0 aliphatic carbocycles. The van der Waals surface area contributed by atoms with E-state index in [9.17, 15) is 9.18 Å². The van der Waals surface area contributed by atoms with E-state index < -0.39 is 5.82 Å². The minimum atomic E-state index is -0.506. The third-order valence-corrected chi connectivity index (χ3v) is 4.30. The number of nitrogens with one attached hydrogen (secondary N) is 2. The van der Waals surface area contributed by atoms with Crippen molar-refractivity contribution in [1.82, 2.24) is 19.8 Å². The number of anilines is 1. The van der Waals surface area contributed by atoms with Gasteiger partial charge >= 0.3 is 0 Å². The van der Waals surface area contributed by atoms with E-state index in [1.54, 1.807) is 6.20 Å². The second-order valence-electron chi connectivity index (χ2n) is 5.76. The van der Waals surface area contributed by atoms with Crippen LogP contribution in [0, 0.1) is 5.82 Å². The molecule has 1 atom stereocenters. The number of carbonyl (C=O) groups excluding carboxylic acids is 1. The van der Waals surface area contributed by atoms with Gasteiger partial charge in [-0.25, -0.2) is 9.37 Å². The van der Waals surface area contributed by atoms with E-state index >= 15 is 0 Å². The maximum absolute atomic E-state index is 13.8. The monoisotopic (exact) mass is 351 g/mol. The van der Waals surface area contributed by atoms with Gasteiger partial charge in [-0.05, 0) is 18.2 Å². The Bertz CT molecular complexity index is 735. The Morgan fingerprint density at radius 1 is 1.54 bits per heavy atom. The lowest BCUT2D eigenvalue weighted by atomic mass is 10.1. The highest BCUT2D eigenvalue weighted by Gasteiger charge is 2.28. The minimum Gasteiger partial charge on any atom is -0.337 e. The zero-order valence-corrected chi connectivity index (χ0v) is 14.1. The van der Waals surface area contributed by atoms with Crippen molar-refractivity contribution in [3.05, 3.63) is 47.3 Å². The number of aromatic nitrogens is 2. The number of imidazole rings is 1. The largest absolute Gasteiger partial charge is 0.337 e. The fourth-order valence-corrected chi connectivity index (χ4v) is 3.03. The maximum atomic E-state index is 13.8. The smallest absolute Gasteiger partial charge is 0.238 e. The minimum absolute atomic E-state index is 0.00583. The fraction of sp³-hybridized carbons (Fsp3) is 0.375. The van der Waals surface area contributed by atoms with Crippen LogP contribution in [0.3, 0.4) is 0 Å². The highest BCUT2D eigenvalue weighted by atomic mass is 35.5. The zero-order valence-electron chi connectivity index (χ0n) is 13.3. The van der Waals surface area contributed by atoms with Gasteiger partial charge in [0.1, 0.15) is 11.6 Å². The van der Waals surface area contributed by atoms with Gasteiger partial charge < -0.3 is 15.2 Å². The average Bonchev–Trinajstić information content (AvgIpc) is 2.97. The Balaban J connectivity index is 1.70. The average molecular weight is 352 g/mol. The Hall–Kier alpha value is -1.96. The number of nitrogens with zero attached hydrogens (tertiary/aromatic N) is 3. The number of hydrogen-bond donors (Lipinski definition) is 2. The number of piperazine rings is 1. The third kappa shape index (κ3) is 3.75. The molecule has 0 radical (unpaired) electrons. The summed E-state index contributed by atoms with van der Waals surface area (Å²) >= 11 is 5.85. The number of carbonyl (C=O) groups is 1. The van der Waals surface area contributed by atoms with Crippen LogP contribution in [0.1, 0.15) is 11.9 Å². The van der Waals surface area contributed by atoms with Crippen LogP contribution in [0.2, 0.25) is 5.02 Å². The van der Waals surface area contributed by atoms with Crippen molar-refractivity contribution >= 4 is 23.2 Å². The molecule has 1 amide bonds. The van der Waals surface area contributed by atoms with Crippen LogP contribution in [0.15, 0.2) is 30.6 Å².